The number of guanidine groups is 1. The molecular weight excluding hydrogens is 310 g/mol. The lowest BCUT2D eigenvalue weighted by atomic mass is 9.93. The number of rotatable bonds is 8. The van der Waals surface area contributed by atoms with Crippen molar-refractivity contribution < 1.29 is 24.5 Å². The second-order valence-electron chi connectivity index (χ2n) is 5.87. The molecule has 0 saturated carbocycles. The number of aliphatic carboxylic acids is 1. The highest BCUT2D eigenvalue weighted by atomic mass is 16.7. The van der Waals surface area contributed by atoms with Crippen LogP contribution < -0.4 is 16.9 Å². The highest BCUT2D eigenvalue weighted by molar-refractivity contribution is 6.03. The summed E-state index contributed by atoms with van der Waals surface area (Å²) >= 11 is 0. The Balaban J connectivity index is 4.53. The maximum Gasteiger partial charge on any atom is 0.338 e. The molecule has 23 heavy (non-hydrogen) atoms. The zero-order valence-corrected chi connectivity index (χ0v) is 13.4. The monoisotopic (exact) mass is 333 g/mol. The molecule has 1 atom stereocenters. The summed E-state index contributed by atoms with van der Waals surface area (Å²) in [7, 11) is 0. The smallest absolute Gasteiger partial charge is 0.338 e. The zero-order valence-electron chi connectivity index (χ0n) is 13.4. The first-order chi connectivity index (χ1) is 10.4. The van der Waals surface area contributed by atoms with Crippen molar-refractivity contribution in [2.75, 3.05) is 6.54 Å². The Morgan fingerprint density at radius 2 is 1.91 bits per heavy atom. The average Bonchev–Trinajstić information content (AvgIpc) is 2.34. The van der Waals surface area contributed by atoms with Gasteiger partial charge in [0.25, 0.3) is 5.96 Å². The fourth-order valence-electron chi connectivity index (χ4n) is 1.51. The molecule has 6 N–H and O–H groups in total. The Kier molecular flexibility index (Phi) is 7.39. The van der Waals surface area contributed by atoms with Crippen molar-refractivity contribution in [1.29, 1.82) is 0 Å². The van der Waals surface area contributed by atoms with Gasteiger partial charge in [-0.25, -0.2) is 24.7 Å². The number of carbonyl (C=O) groups is 2. The molecule has 0 aromatic carbocycles. The fourth-order valence-corrected chi connectivity index (χ4v) is 1.51. The summed E-state index contributed by atoms with van der Waals surface area (Å²) in [5.74, 6) is -2.86. The number of hydrogen-bond donors (Lipinski definition) is 4. The van der Waals surface area contributed by atoms with E-state index in [2.05, 4.69) is 4.99 Å². The van der Waals surface area contributed by atoms with E-state index in [1.54, 1.807) is 26.2 Å². The number of nitro groups is 1. The van der Waals surface area contributed by atoms with Crippen LogP contribution in [0.4, 0.5) is 0 Å². The minimum atomic E-state index is -2.15. The summed E-state index contributed by atoms with van der Waals surface area (Å²) in [4.78, 5) is 37.0. The second-order valence-corrected chi connectivity index (χ2v) is 5.87. The largest absolute Gasteiger partial charge is 0.479 e. The van der Waals surface area contributed by atoms with Crippen molar-refractivity contribution >= 4 is 17.9 Å². The van der Waals surface area contributed by atoms with E-state index in [0.717, 1.165) is 0 Å². The molecule has 0 saturated heterocycles. The molecule has 0 aliphatic rings. The van der Waals surface area contributed by atoms with Crippen molar-refractivity contribution in [3.63, 3.8) is 0 Å². The molecule has 132 valence electrons. The van der Waals surface area contributed by atoms with Gasteiger partial charge >= 0.3 is 11.9 Å². The molecule has 0 aromatic rings. The van der Waals surface area contributed by atoms with Crippen LogP contribution in [0.2, 0.25) is 0 Å². The molecule has 0 radical (unpaired) electrons. The number of ether oxygens (including phenoxy) is 1. The van der Waals surface area contributed by atoms with Crippen molar-refractivity contribution in [2.45, 2.75) is 51.2 Å². The van der Waals surface area contributed by atoms with E-state index < -0.39 is 28.1 Å². The molecule has 0 fully saturated rings. The number of hydrogen-bond acceptors (Lipinski definition) is 7. The molecule has 11 heteroatoms. The molecule has 0 aromatic heterocycles. The third-order valence-corrected chi connectivity index (χ3v) is 2.61. The van der Waals surface area contributed by atoms with Crippen LogP contribution in [-0.4, -0.2) is 45.7 Å². The van der Waals surface area contributed by atoms with E-state index in [1.165, 1.54) is 0 Å². The van der Waals surface area contributed by atoms with Gasteiger partial charge in [0.05, 0.1) is 0 Å². The zero-order chi connectivity index (χ0) is 18.3. The predicted octanol–water partition coefficient (Wildman–Crippen LogP) is -0.623. The lowest BCUT2D eigenvalue weighted by Gasteiger charge is -2.28. The van der Waals surface area contributed by atoms with Crippen molar-refractivity contribution in [1.82, 2.24) is 5.43 Å². The number of carbonyl (C=O) groups excluding carboxylic acids is 1. The predicted molar refractivity (Wildman–Crippen MR) is 80.9 cm³/mol. The molecule has 0 amide bonds. The number of nitrogens with zero attached hydrogens (tertiary/aromatic N) is 2. The Hall–Kier alpha value is -2.43. The number of hydrazine groups is 1. The molecule has 0 aliphatic carbocycles. The second kappa shape index (κ2) is 8.27. The van der Waals surface area contributed by atoms with Gasteiger partial charge in [-0.15, -0.1) is 0 Å². The maximum absolute atomic E-state index is 12.0. The van der Waals surface area contributed by atoms with Crippen LogP contribution in [0.3, 0.4) is 0 Å². The van der Waals surface area contributed by atoms with Crippen LogP contribution in [-0.2, 0) is 14.3 Å². The number of carboxylic acid groups (broad SMARTS) is 1. The SMILES string of the molecule is CC(C)(C)OC(=O)[C@](N)(CCCCN=C(N)N[N+](=O)[O-])C(=O)O. The topological polar surface area (TPSA) is 183 Å². The number of carboxylic acids is 1. The van der Waals surface area contributed by atoms with Crippen molar-refractivity contribution in [2.24, 2.45) is 16.5 Å². The first kappa shape index (κ1) is 20.6. The number of unbranched alkanes of at least 4 members (excludes halogenated alkanes) is 1. The molecule has 0 heterocycles. The Morgan fingerprint density at radius 1 is 1.35 bits per heavy atom. The lowest BCUT2D eigenvalue weighted by Crippen LogP contribution is -2.57. The number of esters is 1. The van der Waals surface area contributed by atoms with Gasteiger partial charge in [0.1, 0.15) is 5.60 Å². The van der Waals surface area contributed by atoms with Crippen molar-refractivity contribution in [3.8, 4) is 0 Å². The number of aliphatic imine (C=N–C) groups is 1. The van der Waals surface area contributed by atoms with Crippen molar-refractivity contribution in [3.05, 3.63) is 10.1 Å². The summed E-state index contributed by atoms with van der Waals surface area (Å²) in [6.07, 6.45) is 0.432. The summed E-state index contributed by atoms with van der Waals surface area (Å²) in [5.41, 5.74) is 9.54. The molecular formula is C12H23N5O6. The average molecular weight is 333 g/mol. The maximum atomic E-state index is 12.0. The summed E-state index contributed by atoms with van der Waals surface area (Å²) < 4.78 is 5.03. The first-order valence-electron chi connectivity index (χ1n) is 6.85. The molecule has 0 bridgehead atoms. The molecule has 0 spiro atoms. The van der Waals surface area contributed by atoms with Gasteiger partial charge in [0.15, 0.2) is 5.03 Å². The summed E-state index contributed by atoms with van der Waals surface area (Å²) in [5, 5.41) is 18.4. The normalized spacial score (nSPS) is 14.7. The Bertz CT molecular complexity index is 487. The van der Waals surface area contributed by atoms with Gasteiger partial charge < -0.3 is 21.3 Å². The van der Waals surface area contributed by atoms with Crippen LogP contribution in [0.5, 0.6) is 0 Å². The third kappa shape index (κ3) is 7.95. The van der Waals surface area contributed by atoms with Crippen LogP contribution in [0, 0.1) is 10.1 Å². The van der Waals surface area contributed by atoms with Crippen LogP contribution in [0.25, 0.3) is 0 Å². The van der Waals surface area contributed by atoms with Gasteiger partial charge in [-0.1, -0.05) is 5.43 Å². The molecule has 0 rings (SSSR count). The first-order valence-corrected chi connectivity index (χ1v) is 6.85. The van der Waals surface area contributed by atoms with Gasteiger partial charge in [-0.3, -0.25) is 0 Å². The highest BCUT2D eigenvalue weighted by Gasteiger charge is 2.44. The Morgan fingerprint density at radius 3 is 2.35 bits per heavy atom. The van der Waals surface area contributed by atoms with Gasteiger partial charge in [-0.2, -0.15) is 0 Å². The number of nitrogens with one attached hydrogen (secondary N) is 1. The van der Waals surface area contributed by atoms with E-state index in [0.29, 0.717) is 6.42 Å². The molecule has 0 aliphatic heterocycles. The van der Waals surface area contributed by atoms with E-state index >= 15 is 0 Å². The van der Waals surface area contributed by atoms with Crippen LogP contribution >= 0.6 is 0 Å². The van der Waals surface area contributed by atoms with Gasteiger partial charge in [-0.05, 0) is 40.0 Å². The minimum absolute atomic E-state index is 0.122. The van der Waals surface area contributed by atoms with Crippen LogP contribution in [0.1, 0.15) is 40.0 Å². The van der Waals surface area contributed by atoms with E-state index in [4.69, 9.17) is 16.2 Å². The highest BCUT2D eigenvalue weighted by Crippen LogP contribution is 2.18. The fraction of sp³-hybridized carbons (Fsp3) is 0.750. The van der Waals surface area contributed by atoms with Gasteiger partial charge in [0.2, 0.25) is 5.54 Å². The molecule has 0 unspecified atom stereocenters. The Labute approximate surface area is 133 Å². The van der Waals surface area contributed by atoms with Gasteiger partial charge in [0, 0.05) is 6.54 Å². The standard InChI is InChI=1S/C12H23N5O6/c1-11(2,3)23-9(20)12(14,8(18)19)6-4-5-7-15-10(13)16-17(21)22/h4-7,14H2,1-3H3,(H,18,19)(H3,13,15,16)/t12-/m0/s1. The molecule has 11 nitrogen and oxygen atoms in total. The van der Waals surface area contributed by atoms with E-state index in [9.17, 15) is 24.8 Å². The minimum Gasteiger partial charge on any atom is -0.479 e. The van der Waals surface area contributed by atoms with E-state index in [-0.39, 0.29) is 25.3 Å². The third-order valence-electron chi connectivity index (χ3n) is 2.61. The quantitative estimate of drug-likeness (QED) is 0.0854. The summed E-state index contributed by atoms with van der Waals surface area (Å²) in [6.45, 7) is 4.93. The van der Waals surface area contributed by atoms with Crippen LogP contribution in [0.15, 0.2) is 4.99 Å². The van der Waals surface area contributed by atoms with E-state index in [1.807, 2.05) is 0 Å². The lowest BCUT2D eigenvalue weighted by molar-refractivity contribution is -0.525. The number of nitrogens with two attached hydrogens (primary N) is 2. The summed E-state index contributed by atoms with van der Waals surface area (Å²) in [6, 6.07) is 0.